The van der Waals surface area contributed by atoms with Crippen LogP contribution in [-0.4, -0.2) is 218 Å². The number of pyridine rings is 4. The van der Waals surface area contributed by atoms with E-state index in [0.717, 1.165) is 161 Å². The number of carbonyl (C=O) groups is 2. The maximum absolute atomic E-state index is 15.3. The van der Waals surface area contributed by atoms with Crippen molar-refractivity contribution in [2.75, 3.05) is 136 Å². The molecular formula is C90H85F3N14O12. The van der Waals surface area contributed by atoms with E-state index in [9.17, 15) is 34.2 Å². The van der Waals surface area contributed by atoms with Gasteiger partial charge >= 0.3 is 11.9 Å². The molecular weight excluding hydrogens is 1530 g/mol. The second kappa shape index (κ2) is 35.9. The number of piperidine rings is 1. The summed E-state index contributed by atoms with van der Waals surface area (Å²) >= 11 is 0. The molecule has 608 valence electrons. The number of nitrogens with zero attached hydrogens (tertiary/aromatic N) is 11. The average molecular weight is 1610 g/mol. The SMILES string of the molecule is COC(=O)c1ccc(-c2cc3c(-c4ccc(OC5CCOCC5)c(C#N)c4)ccnc3[nH]2)cc1.COc1cc(-c2cc3c(-c4ccc(OC5CCOCC5)c(C#N)c4)c(F)cnc3[nH]2)ccc1N1CCOCC1.N#Cc1cc(-c2ccnc3[nH]c(-c4ccc(N5CCN(C6COC6)CC5)cc4)cc23)ncc1OC1CCN(C(=O)CO)CC1(F)F. The number of nitrogens with one attached hydrogen (secondary N) is 3. The molecule has 0 spiro atoms. The number of methoxy groups -OCH3 is 2. The number of likely N-dealkylation sites (tertiary alicyclic amines) is 1. The molecule has 1 amide bonds. The molecule has 6 fully saturated rings. The minimum absolute atomic E-state index is 0.0000680. The Labute approximate surface area is 683 Å². The van der Waals surface area contributed by atoms with Crippen LogP contribution in [-0.2, 0) is 28.5 Å². The van der Waals surface area contributed by atoms with Crippen LogP contribution in [0.3, 0.4) is 0 Å². The van der Waals surface area contributed by atoms with Gasteiger partial charge in [0.15, 0.2) is 11.9 Å². The minimum atomic E-state index is -3.37. The molecule has 12 aromatic rings. The Morgan fingerprint density at radius 1 is 0.529 bits per heavy atom. The number of hydrogen-bond acceptors (Lipinski definition) is 22. The van der Waals surface area contributed by atoms with Crippen LogP contribution >= 0.6 is 0 Å². The zero-order chi connectivity index (χ0) is 82.1. The van der Waals surface area contributed by atoms with E-state index in [4.69, 9.17) is 47.7 Å². The number of alkyl halides is 2. The third-order valence-electron chi connectivity index (χ3n) is 22.4. The molecule has 6 aliphatic rings. The number of halogens is 3. The van der Waals surface area contributed by atoms with Gasteiger partial charge in [0.25, 0.3) is 0 Å². The van der Waals surface area contributed by atoms with Crippen molar-refractivity contribution in [1.29, 1.82) is 15.8 Å². The van der Waals surface area contributed by atoms with Crippen LogP contribution in [0.15, 0.2) is 164 Å². The summed E-state index contributed by atoms with van der Waals surface area (Å²) in [6, 6.07) is 50.9. The van der Waals surface area contributed by atoms with Gasteiger partial charge in [0.2, 0.25) is 5.91 Å². The van der Waals surface area contributed by atoms with Crippen molar-refractivity contribution < 1.29 is 70.5 Å². The fraction of sp³-hybridized carbons (Fsp3) is 0.322. The maximum atomic E-state index is 15.3. The van der Waals surface area contributed by atoms with Gasteiger partial charge in [0, 0.05) is 146 Å². The number of aliphatic hydroxyl groups excluding tert-OH is 1. The van der Waals surface area contributed by atoms with E-state index >= 15 is 4.39 Å². The number of carbonyl (C=O) groups excluding carboxylic acids is 2. The summed E-state index contributed by atoms with van der Waals surface area (Å²) in [5.41, 5.74) is 15.0. The Morgan fingerprint density at radius 3 is 1.66 bits per heavy atom. The molecule has 0 bridgehead atoms. The lowest BCUT2D eigenvalue weighted by Gasteiger charge is -2.43. The van der Waals surface area contributed by atoms with Crippen molar-refractivity contribution in [3.63, 3.8) is 0 Å². The first kappa shape index (κ1) is 79.9. The standard InChI is InChI=1S/C33H33F2N7O4.C30H29FN4O4.C27H23N3O4/c34-33(35)20-42(31(44)17-43)8-6-30(33)46-29-16-38-28(13-22(29)15-36)25-5-7-37-32-26(25)14-27(39-32)21-1-3-23(4-2-21)40-9-11-41(12-10-40)24-18-45-19-24;1-36-28-15-19(2-4-26(28)35-8-12-38-13-9-35)25-16-23-29(24(31)18-33-30(23)34-25)20-3-5-27(21(14-20)17-32)39-22-6-10-37-11-7-22;1-32-27(31)18-4-2-17(3-5-18)24-15-23-22(8-11-29-26(23)30-24)19-6-7-25(20(14-19)16-28)34-21-9-12-33-13-10-21/h1-5,7,13-14,16,24,30,43H,6,8-12,17-20H2,(H,37,39);2-5,14-16,18,22H,6-13H2,1H3,(H,33,34);2-8,11,14-15,21H,9-10,12-13H2,1H3,(H,29,30). The minimum Gasteiger partial charge on any atom is -0.495 e. The summed E-state index contributed by atoms with van der Waals surface area (Å²) in [5, 5.41) is 40.9. The van der Waals surface area contributed by atoms with E-state index in [-0.39, 0.29) is 42.5 Å². The van der Waals surface area contributed by atoms with E-state index < -0.39 is 36.9 Å². The van der Waals surface area contributed by atoms with Crippen molar-refractivity contribution in [2.45, 2.75) is 62.4 Å². The zero-order valence-corrected chi connectivity index (χ0v) is 65.4. The normalized spacial score (nSPS) is 17.2. The highest BCUT2D eigenvalue weighted by Crippen LogP contribution is 2.42. The summed E-state index contributed by atoms with van der Waals surface area (Å²) in [7, 11) is 3.02. The molecule has 4 N–H and O–H groups in total. The highest BCUT2D eigenvalue weighted by molar-refractivity contribution is 5.99. The smallest absolute Gasteiger partial charge is 0.337 e. The van der Waals surface area contributed by atoms with Gasteiger partial charge in [-0.3, -0.25) is 14.7 Å². The zero-order valence-electron chi connectivity index (χ0n) is 65.4. The number of piperazine rings is 1. The average Bonchev–Trinajstić information content (AvgIpc) is 1.65. The van der Waals surface area contributed by atoms with Crippen LogP contribution < -0.4 is 28.7 Å². The lowest BCUT2D eigenvalue weighted by Crippen LogP contribution is -2.56. The lowest BCUT2D eigenvalue weighted by molar-refractivity contribution is -0.161. The van der Waals surface area contributed by atoms with Crippen LogP contribution in [0.25, 0.3) is 100 Å². The Kier molecular flexibility index (Phi) is 24.1. The molecule has 1 atom stereocenters. The van der Waals surface area contributed by atoms with Crippen molar-refractivity contribution in [2.24, 2.45) is 0 Å². The molecule has 6 aliphatic heterocycles. The predicted molar refractivity (Wildman–Crippen MR) is 439 cm³/mol. The third-order valence-corrected chi connectivity index (χ3v) is 22.4. The molecule has 0 radical (unpaired) electrons. The quantitative estimate of drug-likeness (QED) is 0.0580. The number of aliphatic hydroxyl groups is 1. The van der Waals surface area contributed by atoms with Gasteiger partial charge in [-0.05, 0) is 125 Å². The molecule has 6 saturated heterocycles. The van der Waals surface area contributed by atoms with E-state index in [1.54, 1.807) is 55.9 Å². The number of H-pyrrole nitrogens is 3. The van der Waals surface area contributed by atoms with E-state index in [2.05, 4.69) is 86.0 Å². The summed E-state index contributed by atoms with van der Waals surface area (Å²) < 4.78 is 94.8. The summed E-state index contributed by atoms with van der Waals surface area (Å²) in [4.78, 5) is 59.3. The topological polar surface area (TPSA) is 321 Å². The van der Waals surface area contributed by atoms with Gasteiger partial charge in [-0.25, -0.2) is 32.9 Å². The monoisotopic (exact) mass is 1610 g/mol. The van der Waals surface area contributed by atoms with Crippen LogP contribution in [0.5, 0.6) is 23.0 Å². The van der Waals surface area contributed by atoms with Gasteiger partial charge in [-0.15, -0.1) is 0 Å². The van der Waals surface area contributed by atoms with Gasteiger partial charge in [-0.1, -0.05) is 42.5 Å². The van der Waals surface area contributed by atoms with E-state index in [1.807, 2.05) is 78.9 Å². The number of esters is 1. The van der Waals surface area contributed by atoms with Crippen LogP contribution in [0.1, 0.15) is 59.2 Å². The number of ether oxygens (including phenoxy) is 9. The molecule has 1 unspecified atom stereocenters. The molecule has 119 heavy (non-hydrogen) atoms. The molecule has 18 rings (SSSR count). The third kappa shape index (κ3) is 17.6. The van der Waals surface area contributed by atoms with Gasteiger partial charge in [-0.2, -0.15) is 15.8 Å². The predicted octanol–water partition coefficient (Wildman–Crippen LogP) is 13.7. The number of aromatic nitrogens is 7. The first-order chi connectivity index (χ1) is 58.1. The molecule has 13 heterocycles. The largest absolute Gasteiger partial charge is 0.495 e. The highest BCUT2D eigenvalue weighted by atomic mass is 19.3. The number of nitriles is 3. The van der Waals surface area contributed by atoms with Crippen LogP contribution in [0, 0.1) is 39.8 Å². The number of fused-ring (bicyclic) bond motifs is 3. The van der Waals surface area contributed by atoms with Gasteiger partial charge < -0.3 is 77.4 Å². The molecule has 0 saturated carbocycles. The number of anilines is 2. The lowest BCUT2D eigenvalue weighted by atomic mass is 10.00. The molecule has 5 aromatic carbocycles. The second-order valence-electron chi connectivity index (χ2n) is 29.7. The number of morpholine rings is 1. The van der Waals surface area contributed by atoms with Gasteiger partial charge in [0.05, 0.1) is 126 Å². The van der Waals surface area contributed by atoms with Crippen LogP contribution in [0.2, 0.25) is 0 Å². The molecule has 26 nitrogen and oxygen atoms in total. The number of aromatic amines is 3. The van der Waals surface area contributed by atoms with E-state index in [1.165, 1.54) is 31.3 Å². The fourth-order valence-corrected chi connectivity index (χ4v) is 15.8. The first-order valence-electron chi connectivity index (χ1n) is 39.5. The van der Waals surface area contributed by atoms with Crippen molar-refractivity contribution >= 4 is 56.4 Å². The maximum Gasteiger partial charge on any atom is 0.337 e. The Hall–Kier alpha value is -12.9. The van der Waals surface area contributed by atoms with Crippen LogP contribution in [0.4, 0.5) is 24.5 Å². The second-order valence-corrected chi connectivity index (χ2v) is 29.7. The van der Waals surface area contributed by atoms with E-state index in [0.29, 0.717) is 107 Å². The number of amides is 1. The van der Waals surface area contributed by atoms with Crippen molar-refractivity contribution in [1.82, 2.24) is 44.7 Å². The Balaban J connectivity index is 0.000000135. The summed E-state index contributed by atoms with van der Waals surface area (Å²) in [6.07, 6.45) is 7.45. The highest BCUT2D eigenvalue weighted by Gasteiger charge is 2.48. The number of rotatable bonds is 18. The first-order valence-corrected chi connectivity index (χ1v) is 39.5. The molecule has 0 aliphatic carbocycles. The molecule has 29 heteroatoms. The summed E-state index contributed by atoms with van der Waals surface area (Å²) in [6.45, 7) is 9.61. The number of benzene rings is 5. The van der Waals surface area contributed by atoms with Crippen molar-refractivity contribution in [3.05, 3.63) is 192 Å². The Morgan fingerprint density at radius 2 is 1.08 bits per heavy atom. The van der Waals surface area contributed by atoms with Crippen molar-refractivity contribution in [3.8, 4) is 108 Å². The number of hydrogen-bond donors (Lipinski definition) is 4. The molecule has 7 aromatic heterocycles. The fourth-order valence-electron chi connectivity index (χ4n) is 15.8. The van der Waals surface area contributed by atoms with Gasteiger partial charge in [0.1, 0.15) is 77.0 Å². The summed E-state index contributed by atoms with van der Waals surface area (Å²) in [5.74, 6) is -3.17. The Bertz CT molecular complexity index is 5810.